The summed E-state index contributed by atoms with van der Waals surface area (Å²) in [6, 6.07) is 16.1. The lowest BCUT2D eigenvalue weighted by Gasteiger charge is -2.19. The third-order valence-corrected chi connectivity index (χ3v) is 6.32. The molecule has 0 aliphatic rings. The Labute approximate surface area is 176 Å². The summed E-state index contributed by atoms with van der Waals surface area (Å²) in [5.74, 6) is -0.132. The number of nitrogens with one attached hydrogen (secondary N) is 1. The summed E-state index contributed by atoms with van der Waals surface area (Å²) in [6.45, 7) is 3.82. The third-order valence-electron chi connectivity index (χ3n) is 4.90. The van der Waals surface area contributed by atoms with E-state index in [2.05, 4.69) is 4.72 Å². The number of ether oxygens (including phenoxy) is 1. The molecule has 0 amide bonds. The van der Waals surface area contributed by atoms with E-state index >= 15 is 0 Å². The number of benzene rings is 4. The van der Waals surface area contributed by atoms with Crippen LogP contribution in [0, 0.1) is 11.6 Å². The lowest BCUT2D eigenvalue weighted by molar-refractivity contribution is 0.417. The minimum atomic E-state index is -1.52. The molecule has 6 heteroatoms. The highest BCUT2D eigenvalue weighted by Crippen LogP contribution is 2.43. The second kappa shape index (κ2) is 8.13. The fourth-order valence-electron chi connectivity index (χ4n) is 3.68. The Bertz CT molecular complexity index is 1290. The van der Waals surface area contributed by atoms with Gasteiger partial charge in [0.05, 0.1) is 12.0 Å². The van der Waals surface area contributed by atoms with E-state index < -0.39 is 11.0 Å². The molecule has 0 saturated heterocycles. The zero-order valence-electron chi connectivity index (χ0n) is 16.8. The summed E-state index contributed by atoms with van der Waals surface area (Å²) in [5.41, 5.74) is 1.37. The minimum absolute atomic E-state index is 0.00823. The molecule has 154 valence electrons. The van der Waals surface area contributed by atoms with Crippen molar-refractivity contribution in [2.24, 2.45) is 0 Å². The van der Waals surface area contributed by atoms with Gasteiger partial charge >= 0.3 is 0 Å². The first kappa shape index (κ1) is 20.4. The quantitative estimate of drug-likeness (QED) is 0.428. The first-order valence-corrected chi connectivity index (χ1v) is 10.7. The van der Waals surface area contributed by atoms with Crippen LogP contribution in [-0.2, 0) is 11.0 Å². The van der Waals surface area contributed by atoms with E-state index in [1.807, 2.05) is 13.8 Å². The topological polar surface area (TPSA) is 38.3 Å². The van der Waals surface area contributed by atoms with Crippen LogP contribution in [-0.4, -0.2) is 17.4 Å². The van der Waals surface area contributed by atoms with Crippen LogP contribution in [0.4, 0.5) is 8.78 Å². The Kier molecular flexibility index (Phi) is 5.54. The normalized spacial score (nSPS) is 12.6. The number of methoxy groups -OCH3 is 1. The minimum Gasteiger partial charge on any atom is -0.496 e. The molecule has 0 spiro atoms. The van der Waals surface area contributed by atoms with E-state index in [9.17, 15) is 13.0 Å². The van der Waals surface area contributed by atoms with Crippen molar-refractivity contribution in [1.82, 2.24) is 4.72 Å². The van der Waals surface area contributed by atoms with E-state index in [0.717, 1.165) is 10.8 Å². The molecule has 0 fully saturated rings. The highest BCUT2D eigenvalue weighted by atomic mass is 32.2. The zero-order chi connectivity index (χ0) is 21.4. The van der Waals surface area contributed by atoms with Crippen LogP contribution in [0.1, 0.15) is 13.8 Å². The maximum atomic E-state index is 13.9. The Hall–Kier alpha value is -2.83. The van der Waals surface area contributed by atoms with E-state index in [0.29, 0.717) is 32.5 Å². The predicted octanol–water partition coefficient (Wildman–Crippen LogP) is 5.97. The average Bonchev–Trinajstić information content (AvgIpc) is 2.71. The molecule has 4 rings (SSSR count). The second-order valence-electron chi connectivity index (χ2n) is 7.35. The van der Waals surface area contributed by atoms with Gasteiger partial charge in [0.15, 0.2) is 0 Å². The molecule has 0 saturated carbocycles. The first-order valence-electron chi connectivity index (χ1n) is 9.56. The molecular weight excluding hydrogens is 404 g/mol. The van der Waals surface area contributed by atoms with Gasteiger partial charge in [-0.25, -0.2) is 17.7 Å². The van der Waals surface area contributed by atoms with Gasteiger partial charge in [0.25, 0.3) is 0 Å². The highest BCUT2D eigenvalue weighted by Gasteiger charge is 2.21. The van der Waals surface area contributed by atoms with Gasteiger partial charge in [-0.3, -0.25) is 0 Å². The molecular formula is C24H21F2NO2S. The van der Waals surface area contributed by atoms with Gasteiger partial charge in [-0.2, -0.15) is 0 Å². The van der Waals surface area contributed by atoms with Crippen molar-refractivity contribution in [3.05, 3.63) is 72.3 Å². The lowest BCUT2D eigenvalue weighted by atomic mass is 9.93. The lowest BCUT2D eigenvalue weighted by Crippen LogP contribution is -2.25. The standard InChI is InChI=1S/C24H21F2NO2S/c1-14(2)27-30(28)22-11-5-16-13-18(26)7-9-20(16)24(22)23-19-8-6-17(25)12-15(19)4-10-21(23)29-3/h4-14,27H,1-3H3. The van der Waals surface area contributed by atoms with Crippen molar-refractivity contribution in [2.45, 2.75) is 24.8 Å². The number of halogens is 2. The molecule has 3 nitrogen and oxygen atoms in total. The van der Waals surface area contributed by atoms with Gasteiger partial charge < -0.3 is 4.74 Å². The van der Waals surface area contributed by atoms with E-state index in [4.69, 9.17) is 4.74 Å². The van der Waals surface area contributed by atoms with Gasteiger partial charge in [0.2, 0.25) is 0 Å². The third kappa shape index (κ3) is 3.68. The first-order chi connectivity index (χ1) is 14.4. The summed E-state index contributed by atoms with van der Waals surface area (Å²) >= 11 is 0. The number of fused-ring (bicyclic) bond motifs is 2. The Morgan fingerprint density at radius 3 is 1.97 bits per heavy atom. The van der Waals surface area contributed by atoms with Crippen LogP contribution in [0.3, 0.4) is 0 Å². The molecule has 0 bridgehead atoms. The van der Waals surface area contributed by atoms with E-state index in [-0.39, 0.29) is 17.7 Å². The van der Waals surface area contributed by atoms with Gasteiger partial charge in [0, 0.05) is 17.2 Å². The fourth-order valence-corrected chi connectivity index (χ4v) is 4.82. The van der Waals surface area contributed by atoms with Crippen LogP contribution in [0.15, 0.2) is 65.6 Å². The Morgan fingerprint density at radius 2 is 1.40 bits per heavy atom. The Morgan fingerprint density at radius 1 is 0.833 bits per heavy atom. The molecule has 0 radical (unpaired) electrons. The molecule has 30 heavy (non-hydrogen) atoms. The molecule has 4 aromatic carbocycles. The van der Waals surface area contributed by atoms with Crippen molar-refractivity contribution in [2.75, 3.05) is 7.11 Å². The van der Waals surface area contributed by atoms with Crippen molar-refractivity contribution in [3.63, 3.8) is 0 Å². The van der Waals surface area contributed by atoms with Crippen LogP contribution in [0.25, 0.3) is 32.7 Å². The average molecular weight is 426 g/mol. The molecule has 1 N–H and O–H groups in total. The van der Waals surface area contributed by atoms with Gasteiger partial charge in [0.1, 0.15) is 28.4 Å². The second-order valence-corrected chi connectivity index (χ2v) is 8.57. The van der Waals surface area contributed by atoms with E-state index in [1.54, 1.807) is 43.5 Å². The summed E-state index contributed by atoms with van der Waals surface area (Å²) in [4.78, 5) is 0.554. The maximum Gasteiger partial charge on any atom is 0.127 e. The monoisotopic (exact) mass is 425 g/mol. The van der Waals surface area contributed by atoms with Gasteiger partial charge in [-0.15, -0.1) is 0 Å². The summed E-state index contributed by atoms with van der Waals surface area (Å²) in [5, 5.41) is 2.87. The number of rotatable bonds is 5. The SMILES string of the molecule is COc1ccc2cc(F)ccc2c1-c1c(S(=O)NC(C)C)ccc2cc(F)ccc12. The molecule has 4 aromatic rings. The van der Waals surface area contributed by atoms with E-state index in [1.165, 1.54) is 24.3 Å². The number of hydrogen-bond acceptors (Lipinski definition) is 2. The van der Waals surface area contributed by atoms with Crippen molar-refractivity contribution >= 4 is 32.5 Å². The molecule has 0 aliphatic carbocycles. The molecule has 0 heterocycles. The summed E-state index contributed by atoms with van der Waals surface area (Å²) in [6.07, 6.45) is 0. The smallest absolute Gasteiger partial charge is 0.127 e. The molecule has 0 aromatic heterocycles. The number of hydrogen-bond donors (Lipinski definition) is 1. The van der Waals surface area contributed by atoms with Crippen molar-refractivity contribution in [1.29, 1.82) is 0 Å². The summed E-state index contributed by atoms with van der Waals surface area (Å²) in [7, 11) is 0.0397. The molecule has 0 aliphatic heterocycles. The van der Waals surface area contributed by atoms with Crippen molar-refractivity contribution in [3.8, 4) is 16.9 Å². The largest absolute Gasteiger partial charge is 0.496 e. The van der Waals surface area contributed by atoms with Crippen LogP contribution < -0.4 is 9.46 Å². The molecule has 1 atom stereocenters. The van der Waals surface area contributed by atoms with Crippen LogP contribution in [0.5, 0.6) is 5.75 Å². The zero-order valence-corrected chi connectivity index (χ0v) is 17.6. The van der Waals surface area contributed by atoms with Gasteiger partial charge in [-0.1, -0.05) is 24.3 Å². The maximum absolute atomic E-state index is 13.9. The van der Waals surface area contributed by atoms with Crippen LogP contribution >= 0.6 is 0 Å². The fraction of sp³-hybridized carbons (Fsp3) is 0.167. The predicted molar refractivity (Wildman–Crippen MR) is 118 cm³/mol. The van der Waals surface area contributed by atoms with Crippen molar-refractivity contribution < 1.29 is 17.7 Å². The Balaban J connectivity index is 2.15. The highest BCUT2D eigenvalue weighted by molar-refractivity contribution is 7.83. The summed E-state index contributed by atoms with van der Waals surface area (Å²) < 4.78 is 49.6. The van der Waals surface area contributed by atoms with Gasteiger partial charge in [-0.05, 0) is 71.8 Å². The molecule has 1 unspecified atom stereocenters. The van der Waals surface area contributed by atoms with Crippen LogP contribution in [0.2, 0.25) is 0 Å².